The summed E-state index contributed by atoms with van der Waals surface area (Å²) >= 11 is 0. The van der Waals surface area contributed by atoms with Crippen LogP contribution in [0.1, 0.15) is 40.5 Å². The molecule has 1 aliphatic heterocycles. The number of nitrogens with zero attached hydrogens (tertiary/aromatic N) is 5. The van der Waals surface area contributed by atoms with E-state index in [1.54, 1.807) is 24.3 Å². The van der Waals surface area contributed by atoms with Crippen molar-refractivity contribution in [3.8, 4) is 6.07 Å². The Hall–Kier alpha value is -2.65. The fourth-order valence-corrected chi connectivity index (χ4v) is 3.42. The zero-order valence-electron chi connectivity index (χ0n) is 15.4. The van der Waals surface area contributed by atoms with Crippen molar-refractivity contribution in [1.82, 2.24) is 19.4 Å². The molecule has 1 aliphatic rings. The van der Waals surface area contributed by atoms with Gasteiger partial charge in [0, 0.05) is 50.1 Å². The van der Waals surface area contributed by atoms with Crippen LogP contribution in [0.3, 0.4) is 0 Å². The second-order valence-electron chi connectivity index (χ2n) is 7.06. The smallest absolute Gasteiger partial charge is 0.253 e. The minimum absolute atomic E-state index is 0.0330. The molecule has 26 heavy (non-hydrogen) atoms. The predicted octanol–water partition coefficient (Wildman–Crippen LogP) is 2.34. The quantitative estimate of drug-likeness (QED) is 0.829. The fraction of sp³-hybridized carbons (Fsp3) is 0.450. The molecule has 6 heteroatoms. The molecule has 1 saturated heterocycles. The van der Waals surface area contributed by atoms with Crippen LogP contribution in [0.2, 0.25) is 0 Å². The van der Waals surface area contributed by atoms with Gasteiger partial charge in [0.2, 0.25) is 0 Å². The van der Waals surface area contributed by atoms with E-state index in [2.05, 4.69) is 34.6 Å². The van der Waals surface area contributed by atoms with Crippen molar-refractivity contribution < 1.29 is 4.79 Å². The average molecular weight is 351 g/mol. The van der Waals surface area contributed by atoms with E-state index in [0.717, 1.165) is 38.3 Å². The van der Waals surface area contributed by atoms with E-state index < -0.39 is 0 Å². The minimum atomic E-state index is 0.0330. The first-order chi connectivity index (χ1) is 12.6. The van der Waals surface area contributed by atoms with Gasteiger partial charge in [0.05, 0.1) is 11.6 Å². The summed E-state index contributed by atoms with van der Waals surface area (Å²) in [6, 6.07) is 8.96. The monoisotopic (exact) mass is 351 g/mol. The second kappa shape index (κ2) is 8.15. The Kier molecular flexibility index (Phi) is 5.69. The molecule has 1 unspecified atom stereocenters. The molecule has 136 valence electrons. The fourth-order valence-electron chi connectivity index (χ4n) is 3.42. The van der Waals surface area contributed by atoms with E-state index in [1.807, 2.05) is 17.3 Å². The Bertz CT molecular complexity index is 787. The van der Waals surface area contributed by atoms with Gasteiger partial charge in [-0.05, 0) is 51.2 Å². The summed E-state index contributed by atoms with van der Waals surface area (Å²) in [6.07, 6.45) is 5.91. The van der Waals surface area contributed by atoms with Crippen LogP contribution in [0, 0.1) is 11.3 Å². The van der Waals surface area contributed by atoms with Gasteiger partial charge < -0.3 is 14.4 Å². The zero-order chi connectivity index (χ0) is 18.5. The van der Waals surface area contributed by atoms with Crippen molar-refractivity contribution in [2.45, 2.75) is 25.3 Å². The third-order valence-corrected chi connectivity index (χ3v) is 4.87. The first-order valence-corrected chi connectivity index (χ1v) is 9.03. The van der Waals surface area contributed by atoms with Crippen LogP contribution in [0.4, 0.5) is 0 Å². The first kappa shape index (κ1) is 18.2. The molecule has 2 heterocycles. The highest BCUT2D eigenvalue weighted by Crippen LogP contribution is 2.27. The molecular weight excluding hydrogens is 326 g/mol. The number of imidazole rings is 1. The number of piperidine rings is 1. The SMILES string of the molecule is CN(C)CCn1ccnc1C1CCCN(C(=O)c2ccc(C#N)cc2)C1. The maximum absolute atomic E-state index is 12.8. The van der Waals surface area contributed by atoms with E-state index in [4.69, 9.17) is 5.26 Å². The van der Waals surface area contributed by atoms with Gasteiger partial charge >= 0.3 is 0 Å². The molecule has 0 N–H and O–H groups in total. The van der Waals surface area contributed by atoms with E-state index in [1.165, 1.54) is 0 Å². The number of likely N-dealkylation sites (tertiary alicyclic amines) is 1. The van der Waals surface area contributed by atoms with Gasteiger partial charge in [-0.25, -0.2) is 4.98 Å². The number of likely N-dealkylation sites (N-methyl/N-ethyl adjacent to an activating group) is 1. The lowest BCUT2D eigenvalue weighted by Gasteiger charge is -2.33. The van der Waals surface area contributed by atoms with Gasteiger partial charge in [0.15, 0.2) is 0 Å². The van der Waals surface area contributed by atoms with Crippen molar-refractivity contribution in [3.05, 3.63) is 53.6 Å². The molecule has 6 nitrogen and oxygen atoms in total. The van der Waals surface area contributed by atoms with Crippen molar-refractivity contribution >= 4 is 5.91 Å². The van der Waals surface area contributed by atoms with Gasteiger partial charge in [-0.2, -0.15) is 5.26 Å². The van der Waals surface area contributed by atoms with E-state index in [-0.39, 0.29) is 11.8 Å². The topological polar surface area (TPSA) is 65.2 Å². The standard InChI is InChI=1S/C20H25N5O/c1-23(2)12-13-24-11-9-22-19(24)18-4-3-10-25(15-18)20(26)17-7-5-16(14-21)6-8-17/h5-9,11,18H,3-4,10,12-13,15H2,1-2H3. The van der Waals surface area contributed by atoms with E-state index >= 15 is 0 Å². The Morgan fingerprint density at radius 1 is 1.35 bits per heavy atom. The number of hydrogen-bond acceptors (Lipinski definition) is 4. The van der Waals surface area contributed by atoms with Crippen molar-refractivity contribution in [3.63, 3.8) is 0 Å². The summed E-state index contributed by atoms with van der Waals surface area (Å²) in [7, 11) is 4.13. The van der Waals surface area contributed by atoms with Gasteiger partial charge in [0.1, 0.15) is 5.82 Å². The minimum Gasteiger partial charge on any atom is -0.338 e. The van der Waals surface area contributed by atoms with Crippen LogP contribution >= 0.6 is 0 Å². The Morgan fingerprint density at radius 3 is 2.81 bits per heavy atom. The summed E-state index contributed by atoms with van der Waals surface area (Å²) in [5.41, 5.74) is 1.21. The summed E-state index contributed by atoms with van der Waals surface area (Å²) in [5, 5.41) is 8.90. The number of aromatic nitrogens is 2. The molecule has 3 rings (SSSR count). The number of nitriles is 1. The summed E-state index contributed by atoms with van der Waals surface area (Å²) in [5.74, 6) is 1.37. The lowest BCUT2D eigenvalue weighted by atomic mass is 9.96. The molecule has 1 aromatic heterocycles. The van der Waals surface area contributed by atoms with Gasteiger partial charge in [-0.1, -0.05) is 0 Å². The van der Waals surface area contributed by atoms with Crippen LogP contribution in [0.25, 0.3) is 0 Å². The third-order valence-electron chi connectivity index (χ3n) is 4.87. The van der Waals surface area contributed by atoms with Crippen LogP contribution in [-0.4, -0.2) is 59.0 Å². The van der Waals surface area contributed by atoms with Crippen molar-refractivity contribution in [2.75, 3.05) is 33.7 Å². The molecule has 1 atom stereocenters. The molecule has 2 aromatic rings. The van der Waals surface area contributed by atoms with Gasteiger partial charge in [0.25, 0.3) is 5.91 Å². The van der Waals surface area contributed by atoms with Crippen LogP contribution in [0.5, 0.6) is 0 Å². The molecule has 1 aromatic carbocycles. The number of benzene rings is 1. The molecule has 0 bridgehead atoms. The average Bonchev–Trinajstić information content (AvgIpc) is 3.14. The Morgan fingerprint density at radius 2 is 2.12 bits per heavy atom. The lowest BCUT2D eigenvalue weighted by Crippen LogP contribution is -2.39. The number of amides is 1. The third kappa shape index (κ3) is 4.12. The van der Waals surface area contributed by atoms with Crippen molar-refractivity contribution in [1.29, 1.82) is 5.26 Å². The summed E-state index contributed by atoms with van der Waals surface area (Å²) < 4.78 is 2.21. The number of hydrogen-bond donors (Lipinski definition) is 0. The molecular formula is C20H25N5O. The largest absolute Gasteiger partial charge is 0.338 e. The van der Waals surface area contributed by atoms with Crippen molar-refractivity contribution in [2.24, 2.45) is 0 Å². The van der Waals surface area contributed by atoms with Crippen LogP contribution in [-0.2, 0) is 6.54 Å². The molecule has 0 radical (unpaired) electrons. The molecule has 0 spiro atoms. The number of carbonyl (C=O) groups is 1. The van der Waals surface area contributed by atoms with Gasteiger partial charge in [-0.15, -0.1) is 0 Å². The molecule has 0 aliphatic carbocycles. The molecule has 1 amide bonds. The second-order valence-corrected chi connectivity index (χ2v) is 7.06. The first-order valence-electron chi connectivity index (χ1n) is 9.03. The van der Waals surface area contributed by atoms with Crippen LogP contribution < -0.4 is 0 Å². The number of carbonyl (C=O) groups excluding carboxylic acids is 1. The lowest BCUT2D eigenvalue weighted by molar-refractivity contribution is 0.0703. The Balaban J connectivity index is 1.70. The highest BCUT2D eigenvalue weighted by Gasteiger charge is 2.28. The highest BCUT2D eigenvalue weighted by molar-refractivity contribution is 5.94. The molecule has 0 saturated carbocycles. The zero-order valence-corrected chi connectivity index (χ0v) is 15.4. The van der Waals surface area contributed by atoms with Gasteiger partial charge in [-0.3, -0.25) is 4.79 Å². The Labute approximate surface area is 154 Å². The van der Waals surface area contributed by atoms with E-state index in [0.29, 0.717) is 17.7 Å². The normalized spacial score (nSPS) is 17.3. The highest BCUT2D eigenvalue weighted by atomic mass is 16.2. The molecule has 1 fully saturated rings. The number of rotatable bonds is 5. The summed E-state index contributed by atoms with van der Waals surface area (Å²) in [6.45, 7) is 3.33. The summed E-state index contributed by atoms with van der Waals surface area (Å²) in [4.78, 5) is 21.5. The van der Waals surface area contributed by atoms with Crippen LogP contribution in [0.15, 0.2) is 36.7 Å². The maximum Gasteiger partial charge on any atom is 0.253 e. The maximum atomic E-state index is 12.8. The van der Waals surface area contributed by atoms with E-state index in [9.17, 15) is 4.79 Å². The predicted molar refractivity (Wildman–Crippen MR) is 99.8 cm³/mol.